The zero-order chi connectivity index (χ0) is 15.7. The van der Waals surface area contributed by atoms with Crippen molar-refractivity contribution in [3.05, 3.63) is 74.5 Å². The molecule has 3 aromatic rings. The minimum atomic E-state index is -0.422. The number of fused-ring (bicyclic) bond motifs is 1. The van der Waals surface area contributed by atoms with Crippen LogP contribution in [0.15, 0.2) is 57.9 Å². The molecule has 5 heteroatoms. The Labute approximate surface area is 135 Å². The van der Waals surface area contributed by atoms with Gasteiger partial charge in [-0.25, -0.2) is 0 Å². The van der Waals surface area contributed by atoms with Gasteiger partial charge in [-0.1, -0.05) is 28.1 Å². The highest BCUT2D eigenvalue weighted by Gasteiger charge is 2.13. The molecule has 22 heavy (non-hydrogen) atoms. The van der Waals surface area contributed by atoms with Gasteiger partial charge >= 0.3 is 0 Å². The minimum Gasteiger partial charge on any atom is -0.360 e. The van der Waals surface area contributed by atoms with Crippen LogP contribution in [0.5, 0.6) is 0 Å². The molecule has 0 radical (unpaired) electrons. The van der Waals surface area contributed by atoms with E-state index in [-0.39, 0.29) is 11.0 Å². The number of halogens is 1. The summed E-state index contributed by atoms with van der Waals surface area (Å²) >= 11 is 3.41. The van der Waals surface area contributed by atoms with Crippen LogP contribution >= 0.6 is 15.9 Å². The Kier molecular flexibility index (Phi) is 3.81. The Bertz CT molecular complexity index is 931. The summed E-state index contributed by atoms with van der Waals surface area (Å²) < 4.78 is 0.967. The summed E-state index contributed by atoms with van der Waals surface area (Å²) in [5.41, 5.74) is 2.19. The lowest BCUT2D eigenvalue weighted by molar-refractivity contribution is 0.102. The number of pyridine rings is 1. The van der Waals surface area contributed by atoms with Crippen LogP contribution in [0.3, 0.4) is 0 Å². The predicted octanol–water partition coefficient (Wildman–Crippen LogP) is 3.85. The molecule has 0 saturated carbocycles. The van der Waals surface area contributed by atoms with Crippen molar-refractivity contribution in [2.45, 2.75) is 6.92 Å². The van der Waals surface area contributed by atoms with Crippen LogP contribution in [0.25, 0.3) is 10.9 Å². The summed E-state index contributed by atoms with van der Waals surface area (Å²) in [4.78, 5) is 27.7. The van der Waals surface area contributed by atoms with Crippen molar-refractivity contribution in [2.24, 2.45) is 0 Å². The molecule has 0 unspecified atom stereocenters. The van der Waals surface area contributed by atoms with Crippen molar-refractivity contribution >= 4 is 38.4 Å². The summed E-state index contributed by atoms with van der Waals surface area (Å²) in [6, 6.07) is 12.6. The van der Waals surface area contributed by atoms with E-state index in [9.17, 15) is 9.59 Å². The number of rotatable bonds is 2. The largest absolute Gasteiger partial charge is 0.360 e. The van der Waals surface area contributed by atoms with Crippen LogP contribution in [0.1, 0.15) is 15.9 Å². The number of benzene rings is 2. The fraction of sp³-hybridized carbons (Fsp3) is 0.0588. The second-order valence-electron chi connectivity index (χ2n) is 5.00. The minimum absolute atomic E-state index is 0.0965. The summed E-state index contributed by atoms with van der Waals surface area (Å²) in [5.74, 6) is -0.422. The van der Waals surface area contributed by atoms with Crippen molar-refractivity contribution < 1.29 is 4.79 Å². The third-order valence-corrected chi connectivity index (χ3v) is 4.34. The average Bonchev–Trinajstić information content (AvgIpc) is 2.51. The molecule has 4 nitrogen and oxygen atoms in total. The highest BCUT2D eigenvalue weighted by atomic mass is 79.9. The number of H-pyrrole nitrogens is 1. The number of aryl methyl sites for hydroxylation is 1. The lowest BCUT2D eigenvalue weighted by Gasteiger charge is -2.07. The topological polar surface area (TPSA) is 62.0 Å². The fourth-order valence-corrected chi connectivity index (χ4v) is 2.50. The standard InChI is InChI=1S/C17H13BrN2O2/c1-10-8-11(6-7-14(10)18)20-17(22)13-9-19-15-5-3-2-4-12(15)16(13)21/h2-9H,1H3,(H,19,21)(H,20,22). The number of anilines is 1. The number of nitrogens with one attached hydrogen (secondary N) is 2. The highest BCUT2D eigenvalue weighted by molar-refractivity contribution is 9.10. The molecule has 0 spiro atoms. The van der Waals surface area contributed by atoms with Crippen LogP contribution in [0, 0.1) is 6.92 Å². The van der Waals surface area contributed by atoms with E-state index in [1.165, 1.54) is 6.20 Å². The van der Waals surface area contributed by atoms with Crippen LogP contribution < -0.4 is 10.7 Å². The Morgan fingerprint density at radius 3 is 2.73 bits per heavy atom. The maximum Gasteiger partial charge on any atom is 0.261 e. The van der Waals surface area contributed by atoms with Gasteiger partial charge in [-0.05, 0) is 42.8 Å². The Balaban J connectivity index is 1.97. The zero-order valence-electron chi connectivity index (χ0n) is 11.8. The van der Waals surface area contributed by atoms with E-state index in [0.29, 0.717) is 16.6 Å². The number of carbonyl (C=O) groups excluding carboxylic acids is 1. The van der Waals surface area contributed by atoms with Crippen molar-refractivity contribution in [2.75, 3.05) is 5.32 Å². The van der Waals surface area contributed by atoms with Crippen molar-refractivity contribution in [1.82, 2.24) is 4.98 Å². The normalized spacial score (nSPS) is 10.6. The maximum absolute atomic E-state index is 12.4. The second kappa shape index (κ2) is 5.77. The number of amides is 1. The van der Waals surface area contributed by atoms with Gasteiger partial charge in [0.25, 0.3) is 5.91 Å². The molecule has 0 aliphatic carbocycles. The SMILES string of the molecule is Cc1cc(NC(=O)c2c[nH]c3ccccc3c2=O)ccc1Br. The van der Waals surface area contributed by atoms with E-state index >= 15 is 0 Å². The molecular formula is C17H13BrN2O2. The number of para-hydroxylation sites is 1. The predicted molar refractivity (Wildman–Crippen MR) is 91.4 cm³/mol. The first-order valence-corrected chi connectivity index (χ1v) is 7.53. The molecule has 1 heterocycles. The van der Waals surface area contributed by atoms with Crippen LogP contribution in [-0.4, -0.2) is 10.9 Å². The molecule has 110 valence electrons. The van der Waals surface area contributed by atoms with Crippen LogP contribution in [0.2, 0.25) is 0 Å². The molecule has 0 aliphatic rings. The average molecular weight is 357 g/mol. The van der Waals surface area contributed by atoms with Gasteiger partial charge in [0.1, 0.15) is 5.56 Å². The molecule has 0 bridgehead atoms. The lowest BCUT2D eigenvalue weighted by atomic mass is 10.1. The molecular weight excluding hydrogens is 344 g/mol. The lowest BCUT2D eigenvalue weighted by Crippen LogP contribution is -2.21. The number of aromatic nitrogens is 1. The van der Waals surface area contributed by atoms with Gasteiger partial charge in [0.2, 0.25) is 5.43 Å². The highest BCUT2D eigenvalue weighted by Crippen LogP contribution is 2.20. The second-order valence-corrected chi connectivity index (χ2v) is 5.85. The van der Waals surface area contributed by atoms with Crippen LogP contribution in [-0.2, 0) is 0 Å². The molecule has 0 aliphatic heterocycles. The molecule has 2 N–H and O–H groups in total. The van der Waals surface area contributed by atoms with Gasteiger partial charge in [-0.3, -0.25) is 9.59 Å². The summed E-state index contributed by atoms with van der Waals surface area (Å²) in [5, 5.41) is 3.25. The summed E-state index contributed by atoms with van der Waals surface area (Å²) in [6.45, 7) is 1.93. The van der Waals surface area contributed by atoms with Gasteiger partial charge in [0.15, 0.2) is 0 Å². The van der Waals surface area contributed by atoms with Crippen molar-refractivity contribution in [3.63, 3.8) is 0 Å². The molecule has 1 aromatic heterocycles. The first-order valence-electron chi connectivity index (χ1n) is 6.74. The maximum atomic E-state index is 12.4. The molecule has 2 aromatic carbocycles. The Morgan fingerprint density at radius 2 is 1.95 bits per heavy atom. The third kappa shape index (κ3) is 2.67. The smallest absolute Gasteiger partial charge is 0.261 e. The third-order valence-electron chi connectivity index (χ3n) is 3.45. The van der Waals surface area contributed by atoms with E-state index in [4.69, 9.17) is 0 Å². The van der Waals surface area contributed by atoms with Crippen molar-refractivity contribution in [1.29, 1.82) is 0 Å². The molecule has 0 fully saturated rings. The molecule has 1 amide bonds. The molecule has 0 atom stereocenters. The number of carbonyl (C=O) groups is 1. The number of aromatic amines is 1. The summed E-state index contributed by atoms with van der Waals surface area (Å²) in [6.07, 6.45) is 1.45. The fourth-order valence-electron chi connectivity index (χ4n) is 2.26. The van der Waals surface area contributed by atoms with Crippen molar-refractivity contribution in [3.8, 4) is 0 Å². The Morgan fingerprint density at radius 1 is 1.18 bits per heavy atom. The first-order chi connectivity index (χ1) is 10.6. The monoisotopic (exact) mass is 356 g/mol. The summed E-state index contributed by atoms with van der Waals surface area (Å²) in [7, 11) is 0. The number of hydrogen-bond donors (Lipinski definition) is 2. The zero-order valence-corrected chi connectivity index (χ0v) is 13.4. The van der Waals surface area contributed by atoms with Gasteiger partial charge in [-0.2, -0.15) is 0 Å². The molecule has 0 saturated heterocycles. The van der Waals surface area contributed by atoms with Crippen LogP contribution in [0.4, 0.5) is 5.69 Å². The van der Waals surface area contributed by atoms with Gasteiger partial charge in [0.05, 0.1) is 0 Å². The number of hydrogen-bond acceptors (Lipinski definition) is 2. The quantitative estimate of drug-likeness (QED) is 0.732. The van der Waals surface area contributed by atoms with E-state index in [1.807, 2.05) is 25.1 Å². The van der Waals surface area contributed by atoms with E-state index in [2.05, 4.69) is 26.2 Å². The van der Waals surface area contributed by atoms with Gasteiger partial charge in [-0.15, -0.1) is 0 Å². The van der Waals surface area contributed by atoms with E-state index < -0.39 is 5.91 Å². The Hall–Kier alpha value is -2.40. The molecule has 3 rings (SSSR count). The van der Waals surface area contributed by atoms with Gasteiger partial charge < -0.3 is 10.3 Å². The van der Waals surface area contributed by atoms with E-state index in [0.717, 1.165) is 10.0 Å². The van der Waals surface area contributed by atoms with E-state index in [1.54, 1.807) is 24.3 Å². The first kappa shape index (κ1) is 14.5. The van der Waals surface area contributed by atoms with Gasteiger partial charge in [0, 0.05) is 27.3 Å².